The number of hydrogen-bond donors (Lipinski definition) is 3. The first-order chi connectivity index (χ1) is 7.99. The second-order valence-corrected chi connectivity index (χ2v) is 4.05. The van der Waals surface area contributed by atoms with E-state index in [1.807, 2.05) is 0 Å². The highest BCUT2D eigenvalue weighted by Gasteiger charge is 2.18. The van der Waals surface area contributed by atoms with Gasteiger partial charge in [-0.25, -0.2) is 0 Å². The molecule has 0 saturated carbocycles. The number of rotatable bonds is 0. The van der Waals surface area contributed by atoms with Gasteiger partial charge in [-0.1, -0.05) is 6.08 Å². The molecule has 0 aromatic rings. The number of amides is 2. The summed E-state index contributed by atoms with van der Waals surface area (Å²) in [7, 11) is 0. The van der Waals surface area contributed by atoms with Crippen molar-refractivity contribution in [3.05, 3.63) is 12.2 Å². The van der Waals surface area contributed by atoms with Crippen molar-refractivity contribution in [2.75, 3.05) is 6.54 Å². The maximum Gasteiger partial charge on any atom is 0.243 e. The van der Waals surface area contributed by atoms with Crippen LogP contribution in [-0.2, 0) is 14.4 Å². The Labute approximate surface area is 99.6 Å². The summed E-state index contributed by atoms with van der Waals surface area (Å²) in [4.78, 5) is 34.2. The Kier molecular flexibility index (Phi) is 4.84. The van der Waals surface area contributed by atoms with Gasteiger partial charge < -0.3 is 16.4 Å². The van der Waals surface area contributed by atoms with Gasteiger partial charge in [0.25, 0.3) is 0 Å². The Bertz CT molecular complexity index is 352. The van der Waals surface area contributed by atoms with Gasteiger partial charge in [0, 0.05) is 31.5 Å². The van der Waals surface area contributed by atoms with E-state index in [0.717, 1.165) is 0 Å². The Morgan fingerprint density at radius 3 is 2.76 bits per heavy atom. The van der Waals surface area contributed by atoms with Crippen LogP contribution in [0.25, 0.3) is 0 Å². The molecule has 2 atom stereocenters. The molecule has 0 aromatic heterocycles. The molecule has 1 aliphatic heterocycles. The minimum Gasteiger partial charge on any atom is -0.352 e. The van der Waals surface area contributed by atoms with Crippen LogP contribution in [0, 0.1) is 0 Å². The summed E-state index contributed by atoms with van der Waals surface area (Å²) in [5.41, 5.74) is 5.59. The van der Waals surface area contributed by atoms with E-state index in [1.54, 1.807) is 13.0 Å². The van der Waals surface area contributed by atoms with E-state index in [0.29, 0.717) is 0 Å². The molecule has 17 heavy (non-hydrogen) atoms. The summed E-state index contributed by atoms with van der Waals surface area (Å²) < 4.78 is 0. The van der Waals surface area contributed by atoms with Crippen LogP contribution in [0.1, 0.15) is 19.8 Å². The molecule has 1 rings (SSSR count). The van der Waals surface area contributed by atoms with Crippen LogP contribution in [0.3, 0.4) is 0 Å². The summed E-state index contributed by atoms with van der Waals surface area (Å²) in [5, 5.41) is 5.18. The van der Waals surface area contributed by atoms with E-state index in [4.69, 9.17) is 5.73 Å². The van der Waals surface area contributed by atoms with Gasteiger partial charge in [-0.3, -0.25) is 14.4 Å². The summed E-state index contributed by atoms with van der Waals surface area (Å²) in [6, 6.07) is -1.12. The first-order valence-corrected chi connectivity index (χ1v) is 5.52. The number of hydrogen-bond acceptors (Lipinski definition) is 4. The van der Waals surface area contributed by atoms with Crippen molar-refractivity contribution in [3.8, 4) is 0 Å². The molecule has 0 spiro atoms. The molecule has 0 unspecified atom stereocenters. The quantitative estimate of drug-likeness (QED) is 0.497. The van der Waals surface area contributed by atoms with Crippen LogP contribution in [-0.4, -0.2) is 36.2 Å². The maximum absolute atomic E-state index is 11.5. The zero-order chi connectivity index (χ0) is 12.8. The topological polar surface area (TPSA) is 101 Å². The Morgan fingerprint density at radius 2 is 2.06 bits per heavy atom. The molecular formula is C11H17N3O3. The molecule has 0 saturated heterocycles. The summed E-state index contributed by atoms with van der Waals surface area (Å²) in [5.74, 6) is -0.787. The van der Waals surface area contributed by atoms with Crippen molar-refractivity contribution in [2.24, 2.45) is 5.73 Å². The average molecular weight is 239 g/mol. The number of ketones is 1. The van der Waals surface area contributed by atoms with Crippen molar-refractivity contribution in [1.29, 1.82) is 0 Å². The molecule has 0 fully saturated rings. The smallest absolute Gasteiger partial charge is 0.243 e. The molecule has 1 heterocycles. The molecule has 0 aliphatic carbocycles. The van der Waals surface area contributed by atoms with Gasteiger partial charge in [0.2, 0.25) is 11.8 Å². The second-order valence-electron chi connectivity index (χ2n) is 4.05. The molecule has 0 bridgehead atoms. The van der Waals surface area contributed by atoms with Crippen LogP contribution in [0.15, 0.2) is 12.2 Å². The van der Waals surface area contributed by atoms with Gasteiger partial charge in [-0.15, -0.1) is 0 Å². The standard InChI is InChI=1S/C11H17N3O3/c1-7-2-3-10(16)13-5-4-8(15)6-9(12)11(17)14-7/h2-3,7,9H,4-6,12H2,1H3,(H,13,16)(H,14,17)/b3-2+/t7-,9-/m0/s1. The van der Waals surface area contributed by atoms with Gasteiger partial charge in [-0.05, 0) is 6.92 Å². The lowest BCUT2D eigenvalue weighted by atomic mass is 10.1. The summed E-state index contributed by atoms with van der Waals surface area (Å²) in [6.45, 7) is 1.99. The van der Waals surface area contributed by atoms with Crippen LogP contribution < -0.4 is 16.4 Å². The van der Waals surface area contributed by atoms with E-state index in [2.05, 4.69) is 10.6 Å². The van der Waals surface area contributed by atoms with Crippen molar-refractivity contribution in [3.63, 3.8) is 0 Å². The third-order valence-corrected chi connectivity index (χ3v) is 2.39. The highest BCUT2D eigenvalue weighted by atomic mass is 16.2. The third-order valence-electron chi connectivity index (χ3n) is 2.39. The fraction of sp³-hybridized carbons (Fsp3) is 0.545. The molecule has 6 heteroatoms. The van der Waals surface area contributed by atoms with Gasteiger partial charge in [-0.2, -0.15) is 0 Å². The zero-order valence-electron chi connectivity index (χ0n) is 9.73. The third kappa shape index (κ3) is 4.78. The fourth-order valence-corrected chi connectivity index (χ4v) is 1.44. The lowest BCUT2D eigenvalue weighted by Crippen LogP contribution is -2.45. The number of nitrogens with two attached hydrogens (primary N) is 1. The highest BCUT2D eigenvalue weighted by Crippen LogP contribution is 1.97. The minimum absolute atomic E-state index is 0.00185. The van der Waals surface area contributed by atoms with E-state index < -0.39 is 6.04 Å². The molecule has 0 radical (unpaired) electrons. The normalized spacial score (nSPS) is 29.6. The van der Waals surface area contributed by atoms with E-state index in [1.165, 1.54) is 6.08 Å². The zero-order valence-corrected chi connectivity index (χ0v) is 9.73. The largest absolute Gasteiger partial charge is 0.352 e. The van der Waals surface area contributed by atoms with Crippen LogP contribution in [0.4, 0.5) is 0 Å². The molecule has 0 aromatic carbocycles. The van der Waals surface area contributed by atoms with Crippen LogP contribution in [0.5, 0.6) is 0 Å². The van der Waals surface area contributed by atoms with Gasteiger partial charge in [0.05, 0.1) is 6.04 Å². The predicted octanol–water partition coefficient (Wildman–Crippen LogP) is -1.15. The van der Waals surface area contributed by atoms with Crippen LogP contribution in [0.2, 0.25) is 0 Å². The number of nitrogens with one attached hydrogen (secondary N) is 2. The fourth-order valence-electron chi connectivity index (χ4n) is 1.44. The Balaban J connectivity index is 2.72. The van der Waals surface area contributed by atoms with Crippen molar-refractivity contribution < 1.29 is 14.4 Å². The minimum atomic E-state index is -0.825. The Hall–Kier alpha value is -1.69. The second kappa shape index (κ2) is 6.15. The molecule has 4 N–H and O–H groups in total. The average Bonchev–Trinajstić information content (AvgIpc) is 2.25. The maximum atomic E-state index is 11.5. The van der Waals surface area contributed by atoms with Crippen LogP contribution >= 0.6 is 0 Å². The summed E-state index contributed by atoms with van der Waals surface area (Å²) >= 11 is 0. The van der Waals surface area contributed by atoms with E-state index in [9.17, 15) is 14.4 Å². The number of carbonyl (C=O) groups is 3. The Morgan fingerprint density at radius 1 is 1.35 bits per heavy atom. The van der Waals surface area contributed by atoms with Gasteiger partial charge in [0.15, 0.2) is 0 Å². The lowest BCUT2D eigenvalue weighted by molar-refractivity contribution is -0.127. The van der Waals surface area contributed by atoms with E-state index in [-0.39, 0.29) is 43.0 Å². The van der Waals surface area contributed by atoms with Crippen molar-refractivity contribution in [1.82, 2.24) is 10.6 Å². The first kappa shape index (κ1) is 13.4. The predicted molar refractivity (Wildman–Crippen MR) is 62.0 cm³/mol. The monoisotopic (exact) mass is 239 g/mol. The molecular weight excluding hydrogens is 222 g/mol. The van der Waals surface area contributed by atoms with Gasteiger partial charge >= 0.3 is 0 Å². The highest BCUT2D eigenvalue weighted by molar-refractivity contribution is 5.91. The van der Waals surface area contributed by atoms with Gasteiger partial charge in [0.1, 0.15) is 5.78 Å². The molecule has 1 aliphatic rings. The molecule has 94 valence electrons. The molecule has 6 nitrogen and oxygen atoms in total. The van der Waals surface area contributed by atoms with Crippen molar-refractivity contribution in [2.45, 2.75) is 31.8 Å². The molecule has 2 amide bonds. The SMILES string of the molecule is C[C@H]1/C=C/C(=O)NCCC(=O)C[C@H](N)C(=O)N1. The van der Waals surface area contributed by atoms with Crippen molar-refractivity contribution >= 4 is 17.6 Å². The lowest BCUT2D eigenvalue weighted by Gasteiger charge is -2.15. The number of carbonyl (C=O) groups excluding carboxylic acids is 3. The number of Topliss-reactive ketones (excluding diaryl/α,β-unsaturated/α-hetero) is 1. The van der Waals surface area contributed by atoms with E-state index >= 15 is 0 Å². The first-order valence-electron chi connectivity index (χ1n) is 5.52. The summed E-state index contributed by atoms with van der Waals surface area (Å²) in [6.07, 6.45) is 3.10.